The van der Waals surface area contributed by atoms with Gasteiger partial charge < -0.3 is 10.2 Å². The Morgan fingerprint density at radius 2 is 2.00 bits per heavy atom. The Labute approximate surface area is 108 Å². The Morgan fingerprint density at radius 3 is 2.68 bits per heavy atom. The van der Waals surface area contributed by atoms with Crippen molar-refractivity contribution in [2.75, 3.05) is 18.0 Å². The highest BCUT2D eigenvalue weighted by atomic mass is 19.1. The number of carbonyl (C=O) groups is 2. The van der Waals surface area contributed by atoms with Crippen molar-refractivity contribution in [3.05, 3.63) is 29.3 Å². The van der Waals surface area contributed by atoms with Crippen LogP contribution in [0.4, 0.5) is 14.5 Å². The lowest BCUT2D eigenvalue weighted by molar-refractivity contribution is -0.114. The van der Waals surface area contributed by atoms with Crippen LogP contribution in [0.5, 0.6) is 0 Å². The van der Waals surface area contributed by atoms with Gasteiger partial charge in [-0.1, -0.05) is 0 Å². The van der Waals surface area contributed by atoms with Gasteiger partial charge in [-0.3, -0.25) is 9.59 Å². The number of anilines is 1. The van der Waals surface area contributed by atoms with Crippen molar-refractivity contribution in [1.29, 1.82) is 0 Å². The van der Waals surface area contributed by atoms with E-state index in [1.807, 2.05) is 0 Å². The Bertz CT molecular complexity index is 570. The van der Waals surface area contributed by atoms with Gasteiger partial charge >= 0.3 is 0 Å². The fraction of sp³-hybridized carbons (Fsp3) is 0.385. The van der Waals surface area contributed by atoms with Crippen LogP contribution in [0.15, 0.2) is 12.1 Å². The minimum Gasteiger partial charge on any atom is -0.312 e. The molecule has 1 fully saturated rings. The van der Waals surface area contributed by atoms with Crippen molar-refractivity contribution >= 4 is 17.4 Å². The Balaban J connectivity index is 1.85. The van der Waals surface area contributed by atoms with E-state index in [0.29, 0.717) is 18.7 Å². The number of nitrogens with one attached hydrogen (secondary N) is 1. The van der Waals surface area contributed by atoms with E-state index in [0.717, 1.165) is 23.8 Å². The first-order valence-corrected chi connectivity index (χ1v) is 6.16. The van der Waals surface area contributed by atoms with E-state index in [1.54, 1.807) is 0 Å². The van der Waals surface area contributed by atoms with E-state index in [9.17, 15) is 18.4 Å². The molecule has 2 aliphatic rings. The fourth-order valence-electron chi connectivity index (χ4n) is 2.23. The molecule has 1 aromatic carbocycles. The van der Waals surface area contributed by atoms with Crippen molar-refractivity contribution < 1.29 is 18.4 Å². The Kier molecular flexibility index (Phi) is 2.82. The van der Waals surface area contributed by atoms with Gasteiger partial charge in [-0.2, -0.15) is 0 Å². The first-order chi connectivity index (χ1) is 9.08. The van der Waals surface area contributed by atoms with Gasteiger partial charge in [0.25, 0.3) is 11.7 Å². The maximum Gasteiger partial charge on any atom is 0.299 e. The molecule has 1 N–H and O–H groups in total. The van der Waals surface area contributed by atoms with E-state index < -0.39 is 23.3 Å². The molecule has 0 spiro atoms. The van der Waals surface area contributed by atoms with E-state index >= 15 is 0 Å². The summed E-state index contributed by atoms with van der Waals surface area (Å²) in [6, 6.07) is 2.06. The molecule has 1 heterocycles. The van der Waals surface area contributed by atoms with Gasteiger partial charge in [0, 0.05) is 25.2 Å². The normalized spacial score (nSPS) is 18.1. The molecule has 1 aliphatic heterocycles. The van der Waals surface area contributed by atoms with Crippen molar-refractivity contribution in [2.45, 2.75) is 18.9 Å². The minimum absolute atomic E-state index is 0.103. The van der Waals surface area contributed by atoms with Crippen LogP contribution in [0, 0.1) is 11.6 Å². The van der Waals surface area contributed by atoms with Gasteiger partial charge in [-0.05, 0) is 18.9 Å². The number of nitrogens with zero attached hydrogens (tertiary/aromatic N) is 1. The van der Waals surface area contributed by atoms with Crippen LogP contribution in [-0.2, 0) is 4.79 Å². The number of halogens is 2. The van der Waals surface area contributed by atoms with Crippen LogP contribution in [0.2, 0.25) is 0 Å². The molecule has 6 heteroatoms. The first kappa shape index (κ1) is 12.2. The van der Waals surface area contributed by atoms with Gasteiger partial charge in [-0.25, -0.2) is 8.78 Å². The number of amides is 1. The molecule has 0 radical (unpaired) electrons. The fourth-order valence-corrected chi connectivity index (χ4v) is 2.23. The Morgan fingerprint density at radius 1 is 1.26 bits per heavy atom. The molecule has 0 aromatic heterocycles. The highest BCUT2D eigenvalue weighted by Gasteiger charge is 2.38. The maximum atomic E-state index is 13.7. The molecule has 1 amide bonds. The van der Waals surface area contributed by atoms with Crippen molar-refractivity contribution in [1.82, 2.24) is 5.32 Å². The third kappa shape index (κ3) is 2.12. The monoisotopic (exact) mass is 266 g/mol. The van der Waals surface area contributed by atoms with E-state index in [4.69, 9.17) is 0 Å². The average Bonchev–Trinajstić information content (AvgIpc) is 3.13. The van der Waals surface area contributed by atoms with E-state index in [2.05, 4.69) is 5.32 Å². The van der Waals surface area contributed by atoms with Crippen molar-refractivity contribution in [3.8, 4) is 0 Å². The van der Waals surface area contributed by atoms with Crippen LogP contribution in [0.25, 0.3) is 0 Å². The molecule has 0 unspecified atom stereocenters. The minimum atomic E-state index is -0.874. The van der Waals surface area contributed by atoms with Gasteiger partial charge in [0.2, 0.25) is 0 Å². The number of hydrogen-bond donors (Lipinski definition) is 1. The summed E-state index contributed by atoms with van der Waals surface area (Å²) >= 11 is 0. The molecule has 0 atom stereocenters. The zero-order chi connectivity index (χ0) is 13.6. The SMILES string of the molecule is O=C1C(=O)N(CCNC2CC2)c2c(F)cc(F)cc21. The number of ketones is 1. The predicted molar refractivity (Wildman–Crippen MR) is 64.1 cm³/mol. The summed E-state index contributed by atoms with van der Waals surface area (Å²) in [5.41, 5.74) is -0.289. The van der Waals surface area contributed by atoms with E-state index in [-0.39, 0.29) is 17.8 Å². The summed E-state index contributed by atoms with van der Waals surface area (Å²) in [6.07, 6.45) is 2.20. The summed E-state index contributed by atoms with van der Waals surface area (Å²) in [5, 5.41) is 3.18. The standard InChI is InChI=1S/C13H12F2N2O2/c14-7-5-9-11(10(15)6-7)17(13(19)12(9)18)4-3-16-8-1-2-8/h5-6,8,16H,1-4H2. The molecule has 19 heavy (non-hydrogen) atoms. The molecular weight excluding hydrogens is 254 g/mol. The largest absolute Gasteiger partial charge is 0.312 e. The highest BCUT2D eigenvalue weighted by molar-refractivity contribution is 6.52. The molecule has 3 rings (SSSR count). The third-order valence-electron chi connectivity index (χ3n) is 3.33. The molecule has 1 aliphatic carbocycles. The number of rotatable bonds is 4. The molecule has 100 valence electrons. The summed E-state index contributed by atoms with van der Waals surface area (Å²) in [6.45, 7) is 0.691. The van der Waals surface area contributed by atoms with Gasteiger partial charge in [0.15, 0.2) is 5.82 Å². The zero-order valence-electron chi connectivity index (χ0n) is 10.1. The second-order valence-electron chi connectivity index (χ2n) is 4.80. The lowest BCUT2D eigenvalue weighted by Crippen LogP contribution is -2.37. The molecule has 1 saturated carbocycles. The molecule has 0 saturated heterocycles. The second kappa shape index (κ2) is 4.38. The lowest BCUT2D eigenvalue weighted by atomic mass is 10.1. The summed E-state index contributed by atoms with van der Waals surface area (Å²) in [7, 11) is 0. The Hall–Kier alpha value is -1.82. The van der Waals surface area contributed by atoms with Crippen LogP contribution >= 0.6 is 0 Å². The predicted octanol–water partition coefficient (Wildman–Crippen LogP) is 1.25. The highest BCUT2D eigenvalue weighted by Crippen LogP contribution is 2.32. The number of Topliss-reactive ketones (excluding diaryl/α,β-unsaturated/α-hetero) is 1. The third-order valence-corrected chi connectivity index (χ3v) is 3.33. The summed E-state index contributed by atoms with van der Waals surface area (Å²) in [5.74, 6) is -3.37. The smallest absolute Gasteiger partial charge is 0.299 e. The van der Waals surface area contributed by atoms with Gasteiger partial charge in [0.1, 0.15) is 5.82 Å². The van der Waals surface area contributed by atoms with Gasteiger partial charge in [0.05, 0.1) is 11.3 Å². The van der Waals surface area contributed by atoms with Crippen molar-refractivity contribution in [2.24, 2.45) is 0 Å². The van der Waals surface area contributed by atoms with Crippen LogP contribution in [-0.4, -0.2) is 30.8 Å². The number of fused-ring (bicyclic) bond motifs is 1. The molecule has 1 aromatic rings. The number of benzene rings is 1. The number of carbonyl (C=O) groups excluding carboxylic acids is 2. The maximum absolute atomic E-state index is 13.7. The average molecular weight is 266 g/mol. The quantitative estimate of drug-likeness (QED) is 0.834. The van der Waals surface area contributed by atoms with Crippen molar-refractivity contribution in [3.63, 3.8) is 0 Å². The van der Waals surface area contributed by atoms with Gasteiger partial charge in [-0.15, -0.1) is 0 Å². The summed E-state index contributed by atoms with van der Waals surface area (Å²) < 4.78 is 26.8. The van der Waals surface area contributed by atoms with E-state index in [1.165, 1.54) is 0 Å². The molecule has 0 bridgehead atoms. The molecule has 4 nitrogen and oxygen atoms in total. The van der Waals surface area contributed by atoms with Crippen LogP contribution < -0.4 is 10.2 Å². The van der Waals surface area contributed by atoms with Crippen LogP contribution in [0.1, 0.15) is 23.2 Å². The lowest BCUT2D eigenvalue weighted by Gasteiger charge is -2.17. The first-order valence-electron chi connectivity index (χ1n) is 6.16. The molecular formula is C13H12F2N2O2. The topological polar surface area (TPSA) is 49.4 Å². The second-order valence-corrected chi connectivity index (χ2v) is 4.80. The van der Waals surface area contributed by atoms with Crippen LogP contribution in [0.3, 0.4) is 0 Å². The summed E-state index contributed by atoms with van der Waals surface area (Å²) in [4.78, 5) is 24.5. The zero-order valence-corrected chi connectivity index (χ0v) is 10.1. The number of hydrogen-bond acceptors (Lipinski definition) is 3.